The van der Waals surface area contributed by atoms with Gasteiger partial charge in [-0.2, -0.15) is 0 Å². The molecule has 5 nitrogen and oxygen atoms in total. The van der Waals surface area contributed by atoms with E-state index in [0.29, 0.717) is 6.54 Å². The molecule has 0 radical (unpaired) electrons. The van der Waals surface area contributed by atoms with Gasteiger partial charge in [-0.15, -0.1) is 0 Å². The van der Waals surface area contributed by atoms with Crippen molar-refractivity contribution in [2.45, 2.75) is 44.8 Å². The molecule has 3 N–H and O–H groups in total. The molecule has 1 aliphatic rings. The highest BCUT2D eigenvalue weighted by Crippen LogP contribution is 2.24. The SMILES string of the molecule is COc1cccc(C[C@H](C)NC(=O)NC[C@H]2CCC[C@@H]2O)c1. The van der Waals surface area contributed by atoms with Gasteiger partial charge in [0, 0.05) is 18.5 Å². The second-order valence-corrected chi connectivity index (χ2v) is 6.07. The number of amides is 2. The molecular formula is C17H26N2O3. The molecule has 0 aromatic heterocycles. The zero-order valence-electron chi connectivity index (χ0n) is 13.3. The monoisotopic (exact) mass is 306 g/mol. The molecule has 0 saturated heterocycles. The summed E-state index contributed by atoms with van der Waals surface area (Å²) in [5.41, 5.74) is 1.12. The highest BCUT2D eigenvalue weighted by atomic mass is 16.5. The molecule has 1 aliphatic carbocycles. The van der Waals surface area contributed by atoms with E-state index in [2.05, 4.69) is 10.6 Å². The number of carbonyl (C=O) groups is 1. The maximum Gasteiger partial charge on any atom is 0.315 e. The van der Waals surface area contributed by atoms with Crippen molar-refractivity contribution in [3.63, 3.8) is 0 Å². The minimum Gasteiger partial charge on any atom is -0.497 e. The second kappa shape index (κ2) is 8.03. The number of benzene rings is 1. The Morgan fingerprint density at radius 1 is 1.45 bits per heavy atom. The number of rotatable bonds is 6. The van der Waals surface area contributed by atoms with Crippen molar-refractivity contribution in [3.8, 4) is 5.75 Å². The van der Waals surface area contributed by atoms with E-state index in [0.717, 1.165) is 37.0 Å². The highest BCUT2D eigenvalue weighted by Gasteiger charge is 2.25. The Labute approximate surface area is 132 Å². The fourth-order valence-corrected chi connectivity index (χ4v) is 2.96. The third-order valence-electron chi connectivity index (χ3n) is 4.20. The predicted molar refractivity (Wildman–Crippen MR) is 86.0 cm³/mol. The molecule has 2 rings (SSSR count). The zero-order chi connectivity index (χ0) is 15.9. The lowest BCUT2D eigenvalue weighted by atomic mass is 10.1. The van der Waals surface area contributed by atoms with E-state index in [1.165, 1.54) is 0 Å². The van der Waals surface area contributed by atoms with Crippen LogP contribution in [0.4, 0.5) is 4.79 Å². The highest BCUT2D eigenvalue weighted by molar-refractivity contribution is 5.74. The summed E-state index contributed by atoms with van der Waals surface area (Å²) >= 11 is 0. The van der Waals surface area contributed by atoms with Crippen LogP contribution in [0, 0.1) is 5.92 Å². The molecule has 0 heterocycles. The standard InChI is InChI=1S/C17H26N2O3/c1-12(9-13-5-3-7-15(10-13)22-2)19-17(21)18-11-14-6-4-8-16(14)20/h3,5,7,10,12,14,16,20H,4,6,8-9,11H2,1-2H3,(H2,18,19,21)/t12-,14+,16-/m0/s1. The van der Waals surface area contributed by atoms with E-state index in [1.54, 1.807) is 7.11 Å². The molecule has 5 heteroatoms. The minimum atomic E-state index is -0.269. The van der Waals surface area contributed by atoms with E-state index in [9.17, 15) is 9.90 Å². The molecule has 1 fully saturated rings. The van der Waals surface area contributed by atoms with E-state index < -0.39 is 0 Å². The number of ether oxygens (including phenoxy) is 1. The van der Waals surface area contributed by atoms with Gasteiger partial charge < -0.3 is 20.5 Å². The van der Waals surface area contributed by atoms with Gasteiger partial charge in [0.1, 0.15) is 5.75 Å². The van der Waals surface area contributed by atoms with Crippen molar-refractivity contribution in [1.29, 1.82) is 0 Å². The van der Waals surface area contributed by atoms with Crippen molar-refractivity contribution < 1.29 is 14.6 Å². The maximum atomic E-state index is 11.9. The van der Waals surface area contributed by atoms with Crippen LogP contribution in [0.5, 0.6) is 5.75 Å². The van der Waals surface area contributed by atoms with Crippen LogP contribution in [-0.4, -0.2) is 36.9 Å². The van der Waals surface area contributed by atoms with Crippen LogP contribution < -0.4 is 15.4 Å². The van der Waals surface area contributed by atoms with Crippen molar-refractivity contribution in [1.82, 2.24) is 10.6 Å². The van der Waals surface area contributed by atoms with Crippen molar-refractivity contribution >= 4 is 6.03 Å². The fraction of sp³-hybridized carbons (Fsp3) is 0.588. The number of carbonyl (C=O) groups excluding carboxylic acids is 1. The molecule has 0 aliphatic heterocycles. The van der Waals surface area contributed by atoms with E-state index in [-0.39, 0.29) is 24.1 Å². The van der Waals surface area contributed by atoms with Crippen LogP contribution in [0.1, 0.15) is 31.7 Å². The number of hydrogen-bond acceptors (Lipinski definition) is 3. The third-order valence-corrected chi connectivity index (χ3v) is 4.20. The molecule has 122 valence electrons. The summed E-state index contributed by atoms with van der Waals surface area (Å²) in [4.78, 5) is 11.9. The summed E-state index contributed by atoms with van der Waals surface area (Å²) in [5, 5.41) is 15.5. The van der Waals surface area contributed by atoms with Gasteiger partial charge in [-0.05, 0) is 43.9 Å². The number of hydrogen-bond donors (Lipinski definition) is 3. The molecule has 1 aromatic carbocycles. The first-order valence-electron chi connectivity index (χ1n) is 7.94. The van der Waals surface area contributed by atoms with Crippen molar-refractivity contribution in [2.75, 3.05) is 13.7 Å². The van der Waals surface area contributed by atoms with Gasteiger partial charge in [0.05, 0.1) is 13.2 Å². The van der Waals surface area contributed by atoms with Crippen molar-refractivity contribution in [2.24, 2.45) is 5.92 Å². The van der Waals surface area contributed by atoms with Gasteiger partial charge in [0.2, 0.25) is 0 Å². The number of methoxy groups -OCH3 is 1. The summed E-state index contributed by atoms with van der Waals surface area (Å²) in [6.07, 6.45) is 3.36. The molecular weight excluding hydrogens is 280 g/mol. The first-order chi connectivity index (χ1) is 10.6. The van der Waals surface area contributed by atoms with E-state index in [1.807, 2.05) is 31.2 Å². The van der Waals surface area contributed by atoms with E-state index in [4.69, 9.17) is 4.74 Å². The van der Waals surface area contributed by atoms with E-state index >= 15 is 0 Å². The quantitative estimate of drug-likeness (QED) is 0.753. The molecule has 0 unspecified atom stereocenters. The van der Waals surface area contributed by atoms with Gasteiger partial charge in [-0.3, -0.25) is 0 Å². The van der Waals surface area contributed by atoms with Gasteiger partial charge in [-0.25, -0.2) is 4.79 Å². The molecule has 2 amide bonds. The summed E-state index contributed by atoms with van der Waals surface area (Å²) in [6.45, 7) is 2.52. The Morgan fingerprint density at radius 2 is 2.27 bits per heavy atom. The Morgan fingerprint density at radius 3 is 2.95 bits per heavy atom. The summed E-state index contributed by atoms with van der Waals surface area (Å²) in [6, 6.07) is 7.71. The van der Waals surface area contributed by atoms with Crippen LogP contribution in [0.25, 0.3) is 0 Å². The minimum absolute atomic E-state index is 0.0283. The predicted octanol–water partition coefficient (Wildman–Crippen LogP) is 2.09. The number of aliphatic hydroxyl groups is 1. The zero-order valence-corrected chi connectivity index (χ0v) is 13.3. The lowest BCUT2D eigenvalue weighted by Gasteiger charge is -2.18. The van der Waals surface area contributed by atoms with Crippen LogP contribution in [-0.2, 0) is 6.42 Å². The maximum absolute atomic E-state index is 11.9. The topological polar surface area (TPSA) is 70.6 Å². The molecule has 1 aromatic rings. The van der Waals surface area contributed by atoms with Gasteiger partial charge in [-0.1, -0.05) is 18.6 Å². The Hall–Kier alpha value is -1.75. The van der Waals surface area contributed by atoms with Gasteiger partial charge >= 0.3 is 6.03 Å². The number of urea groups is 1. The third kappa shape index (κ3) is 4.91. The molecule has 1 saturated carbocycles. The lowest BCUT2D eigenvalue weighted by molar-refractivity contribution is 0.132. The largest absolute Gasteiger partial charge is 0.497 e. The number of aliphatic hydroxyl groups excluding tert-OH is 1. The second-order valence-electron chi connectivity index (χ2n) is 6.07. The fourth-order valence-electron chi connectivity index (χ4n) is 2.96. The first-order valence-corrected chi connectivity index (χ1v) is 7.94. The Bertz CT molecular complexity index is 493. The van der Waals surface area contributed by atoms with Crippen LogP contribution >= 0.6 is 0 Å². The normalized spacial score (nSPS) is 22.1. The summed E-state index contributed by atoms with van der Waals surface area (Å²) < 4.78 is 5.20. The summed E-state index contributed by atoms with van der Waals surface area (Å²) in [7, 11) is 1.64. The lowest BCUT2D eigenvalue weighted by Crippen LogP contribution is -2.44. The van der Waals surface area contributed by atoms with Crippen LogP contribution in [0.2, 0.25) is 0 Å². The summed E-state index contributed by atoms with van der Waals surface area (Å²) in [5.74, 6) is 1.02. The Kier molecular flexibility index (Phi) is 6.07. The molecule has 22 heavy (non-hydrogen) atoms. The van der Waals surface area contributed by atoms with Gasteiger partial charge in [0.15, 0.2) is 0 Å². The van der Waals surface area contributed by atoms with Gasteiger partial charge in [0.25, 0.3) is 0 Å². The molecule has 3 atom stereocenters. The van der Waals surface area contributed by atoms with Crippen LogP contribution in [0.15, 0.2) is 24.3 Å². The molecule has 0 bridgehead atoms. The first kappa shape index (κ1) is 16.6. The smallest absolute Gasteiger partial charge is 0.315 e. The average Bonchev–Trinajstić information content (AvgIpc) is 2.90. The van der Waals surface area contributed by atoms with Crippen molar-refractivity contribution in [3.05, 3.63) is 29.8 Å². The molecule has 0 spiro atoms. The number of nitrogens with one attached hydrogen (secondary N) is 2. The van der Waals surface area contributed by atoms with Crippen LogP contribution in [0.3, 0.4) is 0 Å². The Balaban J connectivity index is 1.73. The average molecular weight is 306 g/mol.